The number of benzene rings is 2. The van der Waals surface area contributed by atoms with Crippen molar-refractivity contribution in [3.05, 3.63) is 89.0 Å². The van der Waals surface area contributed by atoms with Crippen molar-refractivity contribution in [1.29, 1.82) is 0 Å². The molecule has 4 aromatic rings. The quantitative estimate of drug-likeness (QED) is 0.468. The maximum absolute atomic E-state index is 13.5. The number of halogens is 1. The molecule has 0 radical (unpaired) electrons. The number of carbonyl (C=O) groups excluding carboxylic acids is 1. The number of hydrogen-bond donors (Lipinski definition) is 0. The summed E-state index contributed by atoms with van der Waals surface area (Å²) in [4.78, 5) is 28.6. The van der Waals surface area contributed by atoms with Crippen molar-refractivity contribution in [2.24, 2.45) is 0 Å². The predicted molar refractivity (Wildman–Crippen MR) is 121 cm³/mol. The molecule has 1 aliphatic heterocycles. The standard InChI is InChI=1S/C23H17ClN4O2S/c24-21-13-26-18-7-6-15(11-19(18)27-21)14-28(23(29)17-4-2-9-25-12-17)20-5-1-3-16-8-10-31(30)22(16)20/h1-7,9,11-13H,8,10,14H2. The Morgan fingerprint density at radius 2 is 2.00 bits per heavy atom. The molecule has 154 valence electrons. The number of amides is 1. The second-order valence-electron chi connectivity index (χ2n) is 7.21. The maximum Gasteiger partial charge on any atom is 0.260 e. The molecule has 1 atom stereocenters. The van der Waals surface area contributed by atoms with Gasteiger partial charge in [-0.1, -0.05) is 29.8 Å². The molecule has 0 saturated heterocycles. The van der Waals surface area contributed by atoms with Gasteiger partial charge in [-0.2, -0.15) is 0 Å². The largest absolute Gasteiger partial charge is 0.303 e. The molecule has 2 aromatic carbocycles. The molecule has 1 unspecified atom stereocenters. The van der Waals surface area contributed by atoms with E-state index in [4.69, 9.17) is 11.6 Å². The van der Waals surface area contributed by atoms with Crippen LogP contribution >= 0.6 is 11.6 Å². The van der Waals surface area contributed by atoms with E-state index in [1.165, 1.54) is 6.20 Å². The molecular formula is C23H17ClN4O2S. The van der Waals surface area contributed by atoms with E-state index < -0.39 is 10.8 Å². The van der Waals surface area contributed by atoms with Crippen LogP contribution in [0.4, 0.5) is 5.69 Å². The average Bonchev–Trinajstić information content (AvgIpc) is 3.18. The van der Waals surface area contributed by atoms with E-state index in [0.29, 0.717) is 27.7 Å². The third-order valence-corrected chi connectivity index (χ3v) is 6.91. The second-order valence-corrected chi connectivity index (χ2v) is 9.11. The SMILES string of the molecule is O=C(c1cccnc1)N(Cc1ccc2ncc(Cl)nc2c1)c1cccc2c1S(=O)CC2. The zero-order valence-corrected chi connectivity index (χ0v) is 17.9. The first-order valence-corrected chi connectivity index (χ1v) is 11.4. The van der Waals surface area contributed by atoms with Crippen molar-refractivity contribution in [3.63, 3.8) is 0 Å². The van der Waals surface area contributed by atoms with Crippen LogP contribution in [0.1, 0.15) is 21.5 Å². The highest BCUT2D eigenvalue weighted by molar-refractivity contribution is 7.85. The summed E-state index contributed by atoms with van der Waals surface area (Å²) in [5.41, 5.74) is 4.39. The molecule has 1 amide bonds. The van der Waals surface area contributed by atoms with Gasteiger partial charge in [-0.15, -0.1) is 0 Å². The minimum atomic E-state index is -1.14. The van der Waals surface area contributed by atoms with Crippen LogP contribution in [0.5, 0.6) is 0 Å². The summed E-state index contributed by atoms with van der Waals surface area (Å²) >= 11 is 6.00. The number of fused-ring (bicyclic) bond motifs is 2. The molecule has 0 N–H and O–H groups in total. The van der Waals surface area contributed by atoms with E-state index in [1.54, 1.807) is 29.4 Å². The smallest absolute Gasteiger partial charge is 0.260 e. The van der Waals surface area contributed by atoms with Gasteiger partial charge >= 0.3 is 0 Å². The van der Waals surface area contributed by atoms with Crippen LogP contribution in [-0.2, 0) is 23.8 Å². The molecule has 5 rings (SSSR count). The Bertz CT molecular complexity index is 1330. The molecule has 0 bridgehead atoms. The summed E-state index contributed by atoms with van der Waals surface area (Å²) in [6.07, 6.45) is 5.42. The van der Waals surface area contributed by atoms with Gasteiger partial charge < -0.3 is 4.90 Å². The van der Waals surface area contributed by atoms with Crippen molar-refractivity contribution in [1.82, 2.24) is 15.0 Å². The summed E-state index contributed by atoms with van der Waals surface area (Å²) in [5, 5.41) is 0.309. The number of carbonyl (C=O) groups is 1. The first-order valence-electron chi connectivity index (χ1n) is 9.73. The Labute approximate surface area is 186 Å². The Balaban J connectivity index is 1.61. The third kappa shape index (κ3) is 3.82. The van der Waals surface area contributed by atoms with Crippen molar-refractivity contribution in [3.8, 4) is 0 Å². The number of nitrogens with zero attached hydrogens (tertiary/aromatic N) is 4. The summed E-state index contributed by atoms with van der Waals surface area (Å²) in [7, 11) is -1.14. The monoisotopic (exact) mass is 448 g/mol. The Morgan fingerprint density at radius 1 is 1.10 bits per heavy atom. The molecule has 31 heavy (non-hydrogen) atoms. The van der Waals surface area contributed by atoms with Crippen molar-refractivity contribution < 1.29 is 9.00 Å². The average molecular weight is 449 g/mol. The Kier molecular flexibility index (Phi) is 5.21. The summed E-state index contributed by atoms with van der Waals surface area (Å²) in [6, 6.07) is 14.8. The van der Waals surface area contributed by atoms with Crippen LogP contribution in [0.15, 0.2) is 72.0 Å². The fourth-order valence-electron chi connectivity index (χ4n) is 3.78. The van der Waals surface area contributed by atoms with E-state index in [0.717, 1.165) is 28.0 Å². The van der Waals surface area contributed by atoms with Gasteiger partial charge in [0.15, 0.2) is 0 Å². The summed E-state index contributed by atoms with van der Waals surface area (Å²) in [5.74, 6) is 0.369. The number of pyridine rings is 1. The van der Waals surface area contributed by atoms with Crippen LogP contribution < -0.4 is 4.90 Å². The van der Waals surface area contributed by atoms with Gasteiger partial charge in [-0.05, 0) is 47.9 Å². The van der Waals surface area contributed by atoms with Gasteiger partial charge in [0.2, 0.25) is 0 Å². The normalized spacial score (nSPS) is 15.1. The van der Waals surface area contributed by atoms with E-state index in [2.05, 4.69) is 15.0 Å². The van der Waals surface area contributed by atoms with Crippen LogP contribution in [0.25, 0.3) is 11.0 Å². The predicted octanol–water partition coefficient (Wildman–Crippen LogP) is 4.19. The minimum Gasteiger partial charge on any atom is -0.303 e. The molecule has 1 aliphatic rings. The Morgan fingerprint density at radius 3 is 2.84 bits per heavy atom. The molecule has 0 aliphatic carbocycles. The zero-order chi connectivity index (χ0) is 21.4. The van der Waals surface area contributed by atoms with Gasteiger partial charge in [0.1, 0.15) is 5.15 Å². The van der Waals surface area contributed by atoms with Crippen LogP contribution in [0.2, 0.25) is 5.15 Å². The van der Waals surface area contributed by atoms with Crippen LogP contribution in [0.3, 0.4) is 0 Å². The fourth-order valence-corrected chi connectivity index (χ4v) is 5.40. The molecule has 3 heterocycles. The topological polar surface area (TPSA) is 76.1 Å². The third-order valence-electron chi connectivity index (χ3n) is 5.22. The van der Waals surface area contributed by atoms with Crippen LogP contribution in [0, 0.1) is 0 Å². The summed E-state index contributed by atoms with van der Waals surface area (Å²) in [6.45, 7) is 0.283. The van der Waals surface area contributed by atoms with Gasteiger partial charge in [0, 0.05) is 18.1 Å². The molecule has 0 saturated carbocycles. The number of anilines is 1. The van der Waals surface area contributed by atoms with Crippen molar-refractivity contribution >= 4 is 45.0 Å². The highest BCUT2D eigenvalue weighted by atomic mass is 35.5. The lowest BCUT2D eigenvalue weighted by molar-refractivity contribution is 0.0984. The molecule has 0 spiro atoms. The fraction of sp³-hybridized carbons (Fsp3) is 0.130. The lowest BCUT2D eigenvalue weighted by Gasteiger charge is -2.25. The molecule has 0 fully saturated rings. The number of aryl methyl sites for hydroxylation is 1. The van der Waals surface area contributed by atoms with E-state index in [-0.39, 0.29) is 12.5 Å². The van der Waals surface area contributed by atoms with Gasteiger partial charge in [-0.3, -0.25) is 19.0 Å². The minimum absolute atomic E-state index is 0.206. The number of hydrogen-bond acceptors (Lipinski definition) is 5. The molecule has 6 nitrogen and oxygen atoms in total. The van der Waals surface area contributed by atoms with E-state index in [1.807, 2.05) is 36.4 Å². The second kappa shape index (κ2) is 8.17. The molecular weight excluding hydrogens is 432 g/mol. The molecule has 8 heteroatoms. The first-order chi connectivity index (χ1) is 15.1. The number of rotatable bonds is 4. The lowest BCUT2D eigenvalue weighted by atomic mass is 10.1. The van der Waals surface area contributed by atoms with Gasteiger partial charge in [-0.25, -0.2) is 4.98 Å². The maximum atomic E-state index is 13.5. The van der Waals surface area contributed by atoms with Crippen LogP contribution in [-0.4, -0.2) is 30.8 Å². The zero-order valence-electron chi connectivity index (χ0n) is 16.4. The van der Waals surface area contributed by atoms with Gasteiger partial charge in [0.05, 0.1) is 50.7 Å². The van der Waals surface area contributed by atoms with E-state index >= 15 is 0 Å². The Hall–Kier alpha value is -3.16. The number of aromatic nitrogens is 3. The highest BCUT2D eigenvalue weighted by Crippen LogP contribution is 2.34. The first kappa shape index (κ1) is 19.8. The van der Waals surface area contributed by atoms with Crippen molar-refractivity contribution in [2.75, 3.05) is 10.7 Å². The van der Waals surface area contributed by atoms with Gasteiger partial charge in [0.25, 0.3) is 5.91 Å². The van der Waals surface area contributed by atoms with E-state index in [9.17, 15) is 9.00 Å². The highest BCUT2D eigenvalue weighted by Gasteiger charge is 2.28. The van der Waals surface area contributed by atoms with Crippen molar-refractivity contribution in [2.45, 2.75) is 17.9 Å². The molecule has 2 aromatic heterocycles. The summed E-state index contributed by atoms with van der Waals surface area (Å²) < 4.78 is 12.7. The lowest BCUT2D eigenvalue weighted by Crippen LogP contribution is -2.31.